The van der Waals surface area contributed by atoms with Gasteiger partial charge in [0.2, 0.25) is 0 Å². The van der Waals surface area contributed by atoms with E-state index in [1.165, 1.54) is 6.92 Å². The van der Waals surface area contributed by atoms with E-state index in [1.807, 2.05) is 0 Å². The van der Waals surface area contributed by atoms with Crippen molar-refractivity contribution in [1.82, 2.24) is 10.6 Å². The average Bonchev–Trinajstić information content (AvgIpc) is 2.93. The molecule has 240 valence electrons. The Balaban J connectivity index is 1.78. The van der Waals surface area contributed by atoms with Gasteiger partial charge in [-0.3, -0.25) is 4.79 Å². The molecule has 0 spiro atoms. The molecule has 0 aromatic carbocycles. The van der Waals surface area contributed by atoms with Gasteiger partial charge in [0.05, 0.1) is 37.0 Å². The molecule has 0 bridgehead atoms. The summed E-state index contributed by atoms with van der Waals surface area (Å²) < 4.78 is 23.7. The van der Waals surface area contributed by atoms with Crippen LogP contribution in [0.5, 0.6) is 0 Å². The lowest BCUT2D eigenvalue weighted by Gasteiger charge is -2.48. The molecule has 1 saturated carbocycles. The Morgan fingerprint density at radius 3 is 2.44 bits per heavy atom. The van der Waals surface area contributed by atoms with Gasteiger partial charge in [-0.2, -0.15) is 0 Å². The normalized spacial score (nSPS) is 43.3. The molecule has 6 unspecified atom stereocenters. The molecule has 2 saturated heterocycles. The van der Waals surface area contributed by atoms with Crippen LogP contribution in [0.2, 0.25) is 0 Å². The van der Waals surface area contributed by atoms with Crippen LogP contribution >= 0.6 is 0 Å². The third kappa shape index (κ3) is 8.51. The molecule has 2 aliphatic heterocycles. The van der Waals surface area contributed by atoms with Crippen LogP contribution in [0.25, 0.3) is 0 Å². The zero-order valence-electron chi connectivity index (χ0n) is 23.6. The van der Waals surface area contributed by atoms with E-state index in [0.29, 0.717) is 25.9 Å². The van der Waals surface area contributed by atoms with Gasteiger partial charge >= 0.3 is 0 Å². The smallest absolute Gasteiger partial charge is 0.251 e. The van der Waals surface area contributed by atoms with Crippen molar-refractivity contribution in [2.45, 2.75) is 112 Å². The minimum absolute atomic E-state index is 0.00308. The van der Waals surface area contributed by atoms with E-state index in [-0.39, 0.29) is 32.3 Å². The van der Waals surface area contributed by atoms with Crippen molar-refractivity contribution in [1.29, 1.82) is 0 Å². The molecule has 2 heterocycles. The van der Waals surface area contributed by atoms with Gasteiger partial charge in [0.25, 0.3) is 5.91 Å². The molecule has 0 aromatic heterocycles. The molecule has 14 N–H and O–H groups in total. The Kier molecular flexibility index (Phi) is 12.6. The van der Waals surface area contributed by atoms with E-state index in [9.17, 15) is 30.3 Å². The van der Waals surface area contributed by atoms with Gasteiger partial charge in [-0.1, -0.05) is 6.92 Å². The zero-order valence-corrected chi connectivity index (χ0v) is 23.6. The van der Waals surface area contributed by atoms with Crippen LogP contribution in [0.1, 0.15) is 33.1 Å². The first kappa shape index (κ1) is 34.4. The summed E-state index contributed by atoms with van der Waals surface area (Å²) in [5, 5.41) is 67.4. The highest BCUT2D eigenvalue weighted by Crippen LogP contribution is 2.34. The Bertz CT molecular complexity index is 829. The Morgan fingerprint density at radius 1 is 1.10 bits per heavy atom. The third-order valence-electron chi connectivity index (χ3n) is 8.27. The molecule has 3 aliphatic rings. The number of aliphatic hydroxyl groups excluding tert-OH is 5. The summed E-state index contributed by atoms with van der Waals surface area (Å²) in [7, 11) is 0. The lowest BCUT2D eigenvalue weighted by Crippen LogP contribution is -2.68. The molecular weight excluding hydrogens is 546 g/mol. The molecule has 3 fully saturated rings. The van der Waals surface area contributed by atoms with Gasteiger partial charge in [-0.15, -0.1) is 0 Å². The topological polar surface area (TPSA) is 277 Å². The summed E-state index contributed by atoms with van der Waals surface area (Å²) >= 11 is 0. The monoisotopic (exact) mass is 595 g/mol. The maximum absolute atomic E-state index is 12.7. The SMILES string of the molecule is C[C@@H]1C(O)[C@@H](OC2C(O)C(O[C@H]3O[C@H](CNCCO)CCC3N)[C@@H](N)C[C@H]2NC(=O)[C@@H](O)[C@@H](O)CN)OCC1(C)O. The van der Waals surface area contributed by atoms with Crippen LogP contribution in [0.3, 0.4) is 0 Å². The second-order valence-electron chi connectivity index (χ2n) is 11.6. The second kappa shape index (κ2) is 15.1. The average molecular weight is 596 g/mol. The van der Waals surface area contributed by atoms with Gasteiger partial charge < -0.3 is 77.4 Å². The summed E-state index contributed by atoms with van der Waals surface area (Å²) in [5.74, 6) is -1.62. The molecule has 14 atom stereocenters. The van der Waals surface area contributed by atoms with Crippen LogP contribution in [-0.2, 0) is 23.7 Å². The van der Waals surface area contributed by atoms with Crippen LogP contribution in [0, 0.1) is 5.92 Å². The predicted molar refractivity (Wildman–Crippen MR) is 143 cm³/mol. The number of carbonyl (C=O) groups is 1. The number of rotatable bonds is 12. The maximum atomic E-state index is 12.7. The Labute approximate surface area is 239 Å². The standard InChI is InChI=1S/C25H49N5O11/c1-11-17(33)24(38-10-25(11,2)37)41-21-15(30-22(36)18(34)16(32)8-26)7-14(28)20(19(21)35)40-23-13(27)4-3-12(39-23)9-29-5-6-31/h11-21,23-24,29,31-35,37H,3-10,26-28H2,1-2H3,(H,30,36)/t11-,12+,13?,14+,15-,16+,17?,18+,19?,20?,21?,23-,24-,25?/m1/s1. The third-order valence-corrected chi connectivity index (χ3v) is 8.27. The van der Waals surface area contributed by atoms with Crippen LogP contribution in [0.15, 0.2) is 0 Å². The number of amides is 1. The molecule has 0 radical (unpaired) electrons. The lowest BCUT2D eigenvalue weighted by atomic mass is 9.82. The van der Waals surface area contributed by atoms with Crippen LogP contribution in [0.4, 0.5) is 0 Å². The van der Waals surface area contributed by atoms with Gasteiger partial charge in [-0.25, -0.2) is 0 Å². The van der Waals surface area contributed by atoms with Gasteiger partial charge in [0.15, 0.2) is 18.7 Å². The molecule has 0 aromatic rings. The molecule has 16 nitrogen and oxygen atoms in total. The van der Waals surface area contributed by atoms with Crippen molar-refractivity contribution in [3.05, 3.63) is 0 Å². The first-order valence-electron chi connectivity index (χ1n) is 14.2. The Morgan fingerprint density at radius 2 is 1.78 bits per heavy atom. The number of nitrogens with two attached hydrogens (primary N) is 3. The Hall–Kier alpha value is -1.09. The van der Waals surface area contributed by atoms with Crippen molar-refractivity contribution in [2.75, 3.05) is 32.8 Å². The van der Waals surface area contributed by atoms with E-state index in [1.54, 1.807) is 6.92 Å². The fourth-order valence-corrected chi connectivity index (χ4v) is 5.32. The van der Waals surface area contributed by atoms with Crippen molar-refractivity contribution >= 4 is 5.91 Å². The van der Waals surface area contributed by atoms with Crippen molar-refractivity contribution < 1.29 is 54.4 Å². The number of ether oxygens (including phenoxy) is 4. The first-order chi connectivity index (χ1) is 19.3. The summed E-state index contributed by atoms with van der Waals surface area (Å²) in [6.07, 6.45) is -9.70. The highest BCUT2D eigenvalue weighted by molar-refractivity contribution is 5.81. The number of carbonyl (C=O) groups excluding carboxylic acids is 1. The van der Waals surface area contributed by atoms with Crippen LogP contribution in [-0.4, -0.2) is 148 Å². The van der Waals surface area contributed by atoms with E-state index >= 15 is 0 Å². The maximum Gasteiger partial charge on any atom is 0.251 e. The summed E-state index contributed by atoms with van der Waals surface area (Å²) in [4.78, 5) is 12.7. The fraction of sp³-hybridized carbons (Fsp3) is 0.960. The van der Waals surface area contributed by atoms with Gasteiger partial charge in [-0.05, 0) is 26.2 Å². The van der Waals surface area contributed by atoms with E-state index in [0.717, 1.165) is 0 Å². The fourth-order valence-electron chi connectivity index (χ4n) is 5.32. The first-order valence-corrected chi connectivity index (χ1v) is 14.2. The second-order valence-corrected chi connectivity index (χ2v) is 11.6. The number of aliphatic hydroxyl groups is 6. The minimum Gasteiger partial charge on any atom is -0.395 e. The predicted octanol–water partition coefficient (Wildman–Crippen LogP) is -5.47. The number of nitrogens with one attached hydrogen (secondary N) is 2. The molecular formula is C25H49N5O11. The zero-order chi connectivity index (χ0) is 30.5. The van der Waals surface area contributed by atoms with Gasteiger partial charge in [0.1, 0.15) is 30.5 Å². The van der Waals surface area contributed by atoms with E-state index in [2.05, 4.69) is 10.6 Å². The van der Waals surface area contributed by atoms with Crippen molar-refractivity contribution in [3.8, 4) is 0 Å². The molecule has 16 heteroatoms. The summed E-state index contributed by atoms with van der Waals surface area (Å²) in [5.41, 5.74) is 16.7. The highest BCUT2D eigenvalue weighted by atomic mass is 16.7. The molecule has 1 aliphatic carbocycles. The summed E-state index contributed by atoms with van der Waals surface area (Å²) in [6, 6.07) is -2.37. The van der Waals surface area contributed by atoms with E-state index < -0.39 is 84.8 Å². The summed E-state index contributed by atoms with van der Waals surface area (Å²) in [6.45, 7) is 3.45. The van der Waals surface area contributed by atoms with E-state index in [4.69, 9.17) is 41.3 Å². The lowest BCUT2D eigenvalue weighted by molar-refractivity contribution is -0.314. The van der Waals surface area contributed by atoms with Crippen molar-refractivity contribution in [3.63, 3.8) is 0 Å². The largest absolute Gasteiger partial charge is 0.395 e. The van der Waals surface area contributed by atoms with Gasteiger partial charge in [0, 0.05) is 31.6 Å². The van der Waals surface area contributed by atoms with Crippen LogP contribution < -0.4 is 27.8 Å². The minimum atomic E-state index is -1.85. The number of hydrogen-bond donors (Lipinski definition) is 11. The highest BCUT2D eigenvalue weighted by Gasteiger charge is 2.51. The quantitative estimate of drug-likeness (QED) is 0.0939. The molecule has 3 rings (SSSR count). The number of hydrogen-bond acceptors (Lipinski definition) is 15. The van der Waals surface area contributed by atoms with Crippen molar-refractivity contribution in [2.24, 2.45) is 23.1 Å². The molecule has 1 amide bonds. The molecule has 41 heavy (non-hydrogen) atoms.